The second-order valence-electron chi connectivity index (χ2n) is 5.62. The van der Waals surface area contributed by atoms with E-state index in [-0.39, 0.29) is 12.1 Å². The Morgan fingerprint density at radius 3 is 2.86 bits per heavy atom. The summed E-state index contributed by atoms with van der Waals surface area (Å²) >= 11 is 0. The average molecular weight is 287 g/mol. The number of hydrogen-bond donors (Lipinski definition) is 1. The zero-order chi connectivity index (χ0) is 14.7. The summed E-state index contributed by atoms with van der Waals surface area (Å²) in [7, 11) is 0. The van der Waals surface area contributed by atoms with Crippen LogP contribution in [0.25, 0.3) is 5.69 Å². The first-order chi connectivity index (χ1) is 10.3. The van der Waals surface area contributed by atoms with Gasteiger partial charge < -0.3 is 5.11 Å². The van der Waals surface area contributed by atoms with Gasteiger partial charge in [-0.15, -0.1) is 5.10 Å². The van der Waals surface area contributed by atoms with Crippen LogP contribution >= 0.6 is 0 Å². The molecule has 0 aliphatic carbocycles. The normalized spacial score (nSPS) is 21.3. The smallest absolute Gasteiger partial charge is 0.170 e. The topological polar surface area (TPSA) is 67.1 Å². The maximum absolute atomic E-state index is 9.96. The fourth-order valence-electron chi connectivity index (χ4n) is 3.02. The lowest BCUT2D eigenvalue weighted by Crippen LogP contribution is -2.45. The van der Waals surface area contributed by atoms with Crippen LogP contribution in [0.15, 0.2) is 30.3 Å². The molecule has 6 nitrogen and oxygen atoms in total. The van der Waals surface area contributed by atoms with Gasteiger partial charge in [0, 0.05) is 6.04 Å². The van der Waals surface area contributed by atoms with Crippen LogP contribution < -0.4 is 0 Å². The number of para-hydroxylation sites is 1. The molecule has 3 rings (SSSR count). The van der Waals surface area contributed by atoms with Gasteiger partial charge in [0.1, 0.15) is 0 Å². The molecule has 1 N–H and O–H groups in total. The molecule has 1 fully saturated rings. The third-order valence-electron chi connectivity index (χ3n) is 4.10. The molecule has 2 atom stereocenters. The van der Waals surface area contributed by atoms with E-state index in [1.165, 1.54) is 6.42 Å². The standard InChI is InChI=1S/C15H21N5O/c1-12(21)14-9-5-6-10-19(14)11-15-16-17-18-20(15)13-7-3-2-4-8-13/h2-4,7-8,12,14,21H,5-6,9-11H2,1H3. The van der Waals surface area contributed by atoms with E-state index in [0.29, 0.717) is 6.54 Å². The predicted molar refractivity (Wildman–Crippen MR) is 78.9 cm³/mol. The predicted octanol–water partition coefficient (Wildman–Crippen LogP) is 1.40. The molecule has 0 saturated carbocycles. The minimum atomic E-state index is -0.327. The van der Waals surface area contributed by atoms with E-state index in [1.807, 2.05) is 37.3 Å². The third-order valence-corrected chi connectivity index (χ3v) is 4.10. The molecular formula is C15H21N5O. The van der Waals surface area contributed by atoms with Gasteiger partial charge in [0.2, 0.25) is 0 Å². The summed E-state index contributed by atoms with van der Waals surface area (Å²) in [5.74, 6) is 0.814. The lowest BCUT2D eigenvalue weighted by atomic mass is 9.98. The van der Waals surface area contributed by atoms with Gasteiger partial charge in [-0.05, 0) is 48.9 Å². The van der Waals surface area contributed by atoms with E-state index in [0.717, 1.165) is 30.9 Å². The van der Waals surface area contributed by atoms with Crippen molar-refractivity contribution in [1.29, 1.82) is 0 Å². The van der Waals surface area contributed by atoms with Crippen molar-refractivity contribution in [3.63, 3.8) is 0 Å². The van der Waals surface area contributed by atoms with E-state index >= 15 is 0 Å². The number of benzene rings is 1. The van der Waals surface area contributed by atoms with Gasteiger partial charge in [-0.3, -0.25) is 4.90 Å². The number of aliphatic hydroxyl groups excluding tert-OH is 1. The number of rotatable bonds is 4. The van der Waals surface area contributed by atoms with Gasteiger partial charge in [-0.1, -0.05) is 24.6 Å². The molecule has 1 saturated heterocycles. The van der Waals surface area contributed by atoms with E-state index in [4.69, 9.17) is 0 Å². The number of tetrazole rings is 1. The van der Waals surface area contributed by atoms with E-state index in [2.05, 4.69) is 20.4 Å². The summed E-state index contributed by atoms with van der Waals surface area (Å²) in [5.41, 5.74) is 0.961. The summed E-state index contributed by atoms with van der Waals surface area (Å²) < 4.78 is 1.77. The molecule has 6 heteroatoms. The first-order valence-corrected chi connectivity index (χ1v) is 7.50. The number of aromatic nitrogens is 4. The first kappa shape index (κ1) is 14.2. The van der Waals surface area contributed by atoms with Crippen LogP contribution in [-0.2, 0) is 6.54 Å². The summed E-state index contributed by atoms with van der Waals surface area (Å²) in [5, 5.41) is 22.0. The van der Waals surface area contributed by atoms with Crippen molar-refractivity contribution in [3.05, 3.63) is 36.2 Å². The Hall–Kier alpha value is -1.79. The van der Waals surface area contributed by atoms with Crippen molar-refractivity contribution in [3.8, 4) is 5.69 Å². The van der Waals surface area contributed by atoms with Crippen LogP contribution in [0.2, 0.25) is 0 Å². The molecule has 1 aliphatic rings. The van der Waals surface area contributed by atoms with Crippen LogP contribution in [0, 0.1) is 0 Å². The summed E-state index contributed by atoms with van der Waals surface area (Å²) in [6.07, 6.45) is 3.04. The second kappa shape index (κ2) is 6.32. The molecule has 0 amide bonds. The molecule has 2 unspecified atom stereocenters. The van der Waals surface area contributed by atoms with E-state index in [9.17, 15) is 5.11 Å². The first-order valence-electron chi connectivity index (χ1n) is 7.50. The highest BCUT2D eigenvalue weighted by molar-refractivity contribution is 5.30. The summed E-state index contributed by atoms with van der Waals surface area (Å²) in [4.78, 5) is 2.29. The van der Waals surface area contributed by atoms with Crippen molar-refractivity contribution in [2.24, 2.45) is 0 Å². The number of aliphatic hydroxyl groups is 1. The highest BCUT2D eigenvalue weighted by Gasteiger charge is 2.27. The van der Waals surface area contributed by atoms with Gasteiger partial charge >= 0.3 is 0 Å². The number of piperidine rings is 1. The Balaban J connectivity index is 1.80. The summed E-state index contributed by atoms with van der Waals surface area (Å²) in [6.45, 7) is 3.51. The molecular weight excluding hydrogens is 266 g/mol. The van der Waals surface area contributed by atoms with Crippen molar-refractivity contribution >= 4 is 0 Å². The molecule has 0 spiro atoms. The van der Waals surface area contributed by atoms with Gasteiger partial charge in [-0.2, -0.15) is 4.68 Å². The molecule has 0 radical (unpaired) electrons. The van der Waals surface area contributed by atoms with Gasteiger partial charge in [-0.25, -0.2) is 0 Å². The average Bonchev–Trinajstić information content (AvgIpc) is 2.96. The quantitative estimate of drug-likeness (QED) is 0.920. The van der Waals surface area contributed by atoms with Gasteiger partial charge in [0.25, 0.3) is 0 Å². The zero-order valence-electron chi connectivity index (χ0n) is 12.3. The van der Waals surface area contributed by atoms with Crippen molar-refractivity contribution in [1.82, 2.24) is 25.1 Å². The Bertz CT molecular complexity index is 568. The van der Waals surface area contributed by atoms with Crippen LogP contribution in [0.3, 0.4) is 0 Å². The van der Waals surface area contributed by atoms with E-state index < -0.39 is 0 Å². The maximum atomic E-state index is 9.96. The van der Waals surface area contributed by atoms with E-state index in [1.54, 1.807) is 4.68 Å². The van der Waals surface area contributed by atoms with Crippen LogP contribution in [0.1, 0.15) is 32.0 Å². The van der Waals surface area contributed by atoms with Crippen LogP contribution in [-0.4, -0.2) is 48.9 Å². The highest BCUT2D eigenvalue weighted by Crippen LogP contribution is 2.22. The number of nitrogens with zero attached hydrogens (tertiary/aromatic N) is 5. The SMILES string of the molecule is CC(O)C1CCCCN1Cc1nnnn1-c1ccccc1. The minimum absolute atomic E-state index is 0.194. The number of likely N-dealkylation sites (tertiary alicyclic amines) is 1. The third kappa shape index (κ3) is 3.11. The highest BCUT2D eigenvalue weighted by atomic mass is 16.3. The van der Waals surface area contributed by atoms with Crippen molar-refractivity contribution in [2.45, 2.75) is 44.9 Å². The largest absolute Gasteiger partial charge is 0.392 e. The fourth-order valence-corrected chi connectivity index (χ4v) is 3.02. The maximum Gasteiger partial charge on any atom is 0.170 e. The zero-order valence-corrected chi connectivity index (χ0v) is 12.3. The molecule has 1 aliphatic heterocycles. The monoisotopic (exact) mass is 287 g/mol. The van der Waals surface area contributed by atoms with Crippen molar-refractivity contribution < 1.29 is 5.11 Å². The lowest BCUT2D eigenvalue weighted by molar-refractivity contribution is 0.0298. The van der Waals surface area contributed by atoms with Gasteiger partial charge in [0.05, 0.1) is 18.3 Å². The molecule has 1 aromatic heterocycles. The number of hydrogen-bond acceptors (Lipinski definition) is 5. The molecule has 2 heterocycles. The van der Waals surface area contributed by atoms with Crippen molar-refractivity contribution in [2.75, 3.05) is 6.54 Å². The summed E-state index contributed by atoms with van der Waals surface area (Å²) in [6, 6.07) is 10.1. The Labute approximate surface area is 124 Å². The minimum Gasteiger partial charge on any atom is -0.392 e. The second-order valence-corrected chi connectivity index (χ2v) is 5.62. The fraction of sp³-hybridized carbons (Fsp3) is 0.533. The Kier molecular flexibility index (Phi) is 4.26. The molecule has 2 aromatic rings. The Morgan fingerprint density at radius 1 is 1.29 bits per heavy atom. The van der Waals surface area contributed by atoms with Crippen LogP contribution in [0.5, 0.6) is 0 Å². The lowest BCUT2D eigenvalue weighted by Gasteiger charge is -2.36. The molecule has 1 aromatic carbocycles. The molecule has 21 heavy (non-hydrogen) atoms. The van der Waals surface area contributed by atoms with Gasteiger partial charge in [0.15, 0.2) is 5.82 Å². The van der Waals surface area contributed by atoms with Crippen LogP contribution in [0.4, 0.5) is 0 Å². The Morgan fingerprint density at radius 2 is 2.10 bits per heavy atom. The molecule has 112 valence electrons. The molecule has 0 bridgehead atoms.